The smallest absolute Gasteiger partial charge is 0.383 e. The fourth-order valence-electron chi connectivity index (χ4n) is 4.75. The molecule has 1 aliphatic heterocycles. The van der Waals surface area contributed by atoms with Gasteiger partial charge in [0.2, 0.25) is 5.91 Å². The Morgan fingerprint density at radius 1 is 1.06 bits per heavy atom. The molecule has 0 unspecified atom stereocenters. The molecule has 0 bridgehead atoms. The summed E-state index contributed by atoms with van der Waals surface area (Å²) in [6.07, 6.45) is -14.4. The van der Waals surface area contributed by atoms with Gasteiger partial charge in [0.1, 0.15) is 6.54 Å². The molecular formula is C40H38F5N3O3S. The van der Waals surface area contributed by atoms with Crippen LogP contribution in [0.4, 0.5) is 22.0 Å². The van der Waals surface area contributed by atoms with E-state index in [-0.39, 0.29) is 22.9 Å². The number of likely N-dealkylation sites (tertiary alicyclic amines) is 1. The molecule has 1 amide bonds. The maximum atomic E-state index is 15.5. The third-order valence-corrected chi connectivity index (χ3v) is 8.30. The van der Waals surface area contributed by atoms with Gasteiger partial charge in [0, 0.05) is 75.5 Å². The first-order valence-corrected chi connectivity index (χ1v) is 15.7. The van der Waals surface area contributed by atoms with Gasteiger partial charge < -0.3 is 19.1 Å². The molecule has 12 heteroatoms. The summed E-state index contributed by atoms with van der Waals surface area (Å²) in [4.78, 5) is 27.6. The number of carbonyl (C=O) groups excluding carboxylic acids is 1. The molecule has 272 valence electrons. The summed E-state index contributed by atoms with van der Waals surface area (Å²) in [6.45, 7) is -24.4. The van der Waals surface area contributed by atoms with Crippen molar-refractivity contribution in [2.75, 3.05) is 33.1 Å². The second-order valence-corrected chi connectivity index (χ2v) is 11.5. The summed E-state index contributed by atoms with van der Waals surface area (Å²) < 4.78 is 274. The van der Waals surface area contributed by atoms with Crippen molar-refractivity contribution in [2.45, 2.75) is 48.8 Å². The lowest BCUT2D eigenvalue weighted by atomic mass is 10.00. The largest absolute Gasteiger partial charge is 0.416 e. The Labute approximate surface area is 335 Å². The van der Waals surface area contributed by atoms with E-state index >= 15 is 9.18 Å². The lowest BCUT2D eigenvalue weighted by Gasteiger charge is -2.39. The third-order valence-electron chi connectivity index (χ3n) is 7.24. The van der Waals surface area contributed by atoms with Gasteiger partial charge >= 0.3 is 6.18 Å². The highest BCUT2D eigenvalue weighted by atomic mass is 32.2. The average molecular weight is 759 g/mol. The zero-order valence-corrected chi connectivity index (χ0v) is 26.9. The van der Waals surface area contributed by atoms with Gasteiger partial charge in [0.25, 0.3) is 0 Å². The molecule has 1 aromatic heterocycles. The highest BCUT2D eigenvalue weighted by Crippen LogP contribution is 2.32. The highest BCUT2D eigenvalue weighted by molar-refractivity contribution is 7.98. The second kappa shape index (κ2) is 16.4. The molecule has 6 nitrogen and oxygen atoms in total. The van der Waals surface area contributed by atoms with Crippen molar-refractivity contribution < 1.29 is 63.0 Å². The Morgan fingerprint density at radius 2 is 1.75 bits per heavy atom. The van der Waals surface area contributed by atoms with Crippen LogP contribution in [0.25, 0.3) is 22.0 Å². The number of methoxy groups -OCH3 is 1. The van der Waals surface area contributed by atoms with Crippen LogP contribution in [0.2, 0.25) is 0 Å². The molecule has 5 aromatic rings. The van der Waals surface area contributed by atoms with Gasteiger partial charge in [-0.3, -0.25) is 9.59 Å². The molecule has 2 heterocycles. The number of thioether (sulfide) groups is 1. The maximum absolute atomic E-state index is 15.5. The van der Waals surface area contributed by atoms with Crippen molar-refractivity contribution in [1.29, 1.82) is 0 Å². The van der Waals surface area contributed by atoms with Crippen LogP contribution in [0.15, 0.2) is 107 Å². The van der Waals surface area contributed by atoms with Gasteiger partial charge in [-0.05, 0) is 59.7 Å². The van der Waals surface area contributed by atoms with Crippen LogP contribution >= 0.6 is 11.8 Å². The summed E-state index contributed by atoms with van der Waals surface area (Å²) >= 11 is 0.244. The summed E-state index contributed by atoms with van der Waals surface area (Å²) in [5.74, 6) is -5.77. The van der Waals surface area contributed by atoms with E-state index in [1.807, 2.05) is 0 Å². The lowest BCUT2D eigenvalue weighted by molar-refractivity contribution is -0.137. The van der Waals surface area contributed by atoms with E-state index in [0.29, 0.717) is 16.7 Å². The van der Waals surface area contributed by atoms with Crippen LogP contribution in [-0.2, 0) is 34.5 Å². The molecule has 0 N–H and O–H groups in total. The number of amides is 1. The average Bonchev–Trinajstić information content (AvgIpc) is 3.27. The van der Waals surface area contributed by atoms with E-state index in [4.69, 9.17) is 21.9 Å². The van der Waals surface area contributed by atoms with Gasteiger partial charge in [-0.15, -0.1) is 11.8 Å². The molecule has 4 aromatic carbocycles. The van der Waals surface area contributed by atoms with Crippen molar-refractivity contribution in [3.8, 4) is 11.1 Å². The number of rotatable bonds is 12. The van der Waals surface area contributed by atoms with Gasteiger partial charge in [-0.2, -0.15) is 13.2 Å². The predicted octanol–water partition coefficient (Wildman–Crippen LogP) is 8.40. The number of alkyl halides is 3. The SMILES string of the molecule is [2H]c1c([2H])c([2H])c2c(c1[2H])c(=O)c([2H])c(SCc1cccc(F)c1F)n2CC(=O)N(C([2H])([2H])c1ccc(-c2ccc(C(F)(F)F)cc2)cc1)C1([2H])C([2H])([2H])C([2H])([2H])N(C([2H])([2H])C([2H])([2H])OC([2H])([2H])[2H])C([2H])([2H])C1([2H])[2H]. The minimum Gasteiger partial charge on any atom is -0.383 e. The molecule has 0 aliphatic carbocycles. The van der Waals surface area contributed by atoms with Crippen LogP contribution in [0.5, 0.6) is 0 Å². The number of aromatic nitrogens is 1. The maximum Gasteiger partial charge on any atom is 0.416 e. The van der Waals surface area contributed by atoms with Crippen molar-refractivity contribution in [2.24, 2.45) is 0 Å². The van der Waals surface area contributed by atoms with Crippen molar-refractivity contribution in [1.82, 2.24) is 14.4 Å². The molecule has 6 rings (SSSR count). The van der Waals surface area contributed by atoms with Gasteiger partial charge in [-0.25, -0.2) is 8.78 Å². The van der Waals surface area contributed by atoms with E-state index in [2.05, 4.69) is 4.74 Å². The summed E-state index contributed by atoms with van der Waals surface area (Å²) in [7, 11) is -3.90. The summed E-state index contributed by atoms with van der Waals surface area (Å²) in [5.41, 5.74) is -4.82. The van der Waals surface area contributed by atoms with E-state index in [9.17, 15) is 32.0 Å². The molecule has 0 saturated carbocycles. The quantitative estimate of drug-likeness (QED) is 0.0946. The first kappa shape index (κ1) is 18.0. The Kier molecular flexibility index (Phi) is 5.69. The van der Waals surface area contributed by atoms with E-state index in [1.54, 1.807) is 0 Å². The topological polar surface area (TPSA) is 54.8 Å². The Balaban J connectivity index is 1.68. The van der Waals surface area contributed by atoms with Gasteiger partial charge in [-0.1, -0.05) is 60.6 Å². The lowest BCUT2D eigenvalue weighted by Crippen LogP contribution is -2.48. The molecule has 0 radical (unpaired) electrons. The molecular weight excluding hydrogens is 698 g/mol. The van der Waals surface area contributed by atoms with Crippen molar-refractivity contribution in [3.05, 3.63) is 135 Å². The third kappa shape index (κ3) is 8.74. The molecule has 52 heavy (non-hydrogen) atoms. The number of nitrogens with zero attached hydrogens (tertiary/aromatic N) is 3. The zero-order valence-electron chi connectivity index (χ0n) is 49.1. The Bertz CT molecular complexity index is 3110. The van der Waals surface area contributed by atoms with Crippen LogP contribution in [-0.4, -0.2) is 59.4 Å². The van der Waals surface area contributed by atoms with Gasteiger partial charge in [0.05, 0.1) is 40.5 Å². The summed E-state index contributed by atoms with van der Waals surface area (Å²) in [6, 6.07) is -0.727. The monoisotopic (exact) mass is 758 g/mol. The number of ether oxygens (including phenoxy) is 1. The Hall–Kier alpha value is -4.52. The minimum atomic E-state index is -4.83. The molecule has 0 atom stereocenters. The number of pyridine rings is 1. The van der Waals surface area contributed by atoms with Crippen LogP contribution < -0.4 is 5.43 Å². The fourth-order valence-corrected chi connectivity index (χ4v) is 5.74. The standard InChI is InChI=1S/C40H38F5N3O3S/c1-51-22-21-46-19-17-32(18-20-46)47(24-27-9-11-28(12-10-27)29-13-15-31(16-14-29)40(43,44)45)37(50)25-48-35-8-3-2-6-33(35)36(49)23-38(48)52-26-30-5-4-7-34(41)39(30)42/h2-16,23,32H,17-22,24-26H2,1H3/i1D3,2D,3D,6D,8D,17D2,18D2,19D2,20D2,21D2,22D2,23D,24D2,32D. The van der Waals surface area contributed by atoms with Crippen molar-refractivity contribution >= 4 is 28.6 Å². The van der Waals surface area contributed by atoms with Crippen LogP contribution in [0, 0.1) is 11.6 Å². The molecule has 1 saturated heterocycles. The number of piperidine rings is 1. The van der Waals surface area contributed by atoms with Crippen molar-refractivity contribution in [3.63, 3.8) is 0 Å². The number of benzene rings is 4. The number of hydrogen-bond donors (Lipinski definition) is 0. The van der Waals surface area contributed by atoms with E-state index in [1.165, 1.54) is 0 Å². The number of hydrogen-bond acceptors (Lipinski definition) is 5. The Morgan fingerprint density at radius 3 is 2.44 bits per heavy atom. The predicted molar refractivity (Wildman–Crippen MR) is 193 cm³/mol. The van der Waals surface area contributed by atoms with Gasteiger partial charge in [0.15, 0.2) is 17.1 Å². The van der Waals surface area contributed by atoms with Crippen LogP contribution in [0.3, 0.4) is 0 Å². The number of para-hydroxylation sites is 1. The second-order valence-electron chi connectivity index (χ2n) is 10.5. The number of carbonyl (C=O) groups is 1. The fraction of sp³-hybridized carbons (Fsp3) is 0.300. The summed E-state index contributed by atoms with van der Waals surface area (Å²) in [5, 5.41) is -1.89. The molecule has 1 aliphatic rings. The zero-order chi connectivity index (χ0) is 57.2. The highest BCUT2D eigenvalue weighted by Gasteiger charge is 2.31. The van der Waals surface area contributed by atoms with E-state index in [0.717, 1.165) is 54.6 Å². The van der Waals surface area contributed by atoms with E-state index < -0.39 is 172 Å². The van der Waals surface area contributed by atoms with Crippen LogP contribution in [0.1, 0.15) is 61.0 Å². The number of halogens is 5. The first-order chi connectivity index (χ1) is 33.9. The number of fused-ring (bicyclic) bond motifs is 1. The first-order valence-electron chi connectivity index (χ1n) is 26.2. The molecule has 0 spiro atoms. The molecule has 1 fully saturated rings. The normalized spacial score (nSPS) is 26.2. The minimum absolute atomic E-state index is 0.0254.